The number of H-pyrrole nitrogens is 1. The van der Waals surface area contributed by atoms with Crippen molar-refractivity contribution < 1.29 is 4.79 Å². The fraction of sp³-hybridized carbons (Fsp3) is 0.471. The summed E-state index contributed by atoms with van der Waals surface area (Å²) in [6, 6.07) is 6.35. The number of anilines is 1. The highest BCUT2D eigenvalue weighted by Gasteiger charge is 2.26. The first-order valence-corrected chi connectivity index (χ1v) is 8.31. The van der Waals surface area contributed by atoms with E-state index in [0.29, 0.717) is 17.5 Å². The average molecular weight is 311 g/mol. The fourth-order valence-electron chi connectivity index (χ4n) is 3.13. The number of aromatic nitrogens is 3. The number of rotatable bonds is 4. The molecule has 1 aliphatic heterocycles. The normalized spacial score (nSPS) is 21.2. The first-order chi connectivity index (χ1) is 11.3. The third kappa shape index (κ3) is 3.21. The number of carbonyl (C=O) groups excluding carboxylic acids is 1. The Balaban J connectivity index is 1.43. The van der Waals surface area contributed by atoms with Gasteiger partial charge in [-0.2, -0.15) is 5.10 Å². The van der Waals surface area contributed by atoms with Crippen molar-refractivity contribution in [2.45, 2.75) is 37.6 Å². The zero-order valence-electron chi connectivity index (χ0n) is 13.0. The molecule has 0 bridgehead atoms. The molecule has 2 N–H and O–H groups in total. The molecule has 2 fully saturated rings. The van der Waals surface area contributed by atoms with Gasteiger partial charge in [0.1, 0.15) is 5.82 Å². The SMILES string of the molecule is O=C(c1ccc(NC2CC2)nc1)N1CCC[C@H](c2ccn[nH]2)C1. The third-order valence-electron chi connectivity index (χ3n) is 4.61. The molecule has 6 heteroatoms. The molecule has 1 aliphatic carbocycles. The van der Waals surface area contributed by atoms with Crippen LogP contribution in [0.15, 0.2) is 30.6 Å². The molecular formula is C17H21N5O. The molecular weight excluding hydrogens is 290 g/mol. The lowest BCUT2D eigenvalue weighted by molar-refractivity contribution is 0.0705. The van der Waals surface area contributed by atoms with Crippen molar-refractivity contribution in [1.29, 1.82) is 0 Å². The van der Waals surface area contributed by atoms with Crippen molar-refractivity contribution >= 4 is 11.7 Å². The topological polar surface area (TPSA) is 73.9 Å². The van der Waals surface area contributed by atoms with Crippen LogP contribution in [0.2, 0.25) is 0 Å². The van der Waals surface area contributed by atoms with E-state index in [4.69, 9.17) is 0 Å². The Labute approximate surface area is 135 Å². The highest BCUT2D eigenvalue weighted by Crippen LogP contribution is 2.27. The molecule has 2 aromatic heterocycles. The van der Waals surface area contributed by atoms with E-state index in [0.717, 1.165) is 37.4 Å². The van der Waals surface area contributed by atoms with Crippen LogP contribution in [0.5, 0.6) is 0 Å². The second kappa shape index (κ2) is 6.02. The number of carbonyl (C=O) groups is 1. The summed E-state index contributed by atoms with van der Waals surface area (Å²) in [5.41, 5.74) is 1.78. The van der Waals surface area contributed by atoms with Crippen molar-refractivity contribution in [3.63, 3.8) is 0 Å². The van der Waals surface area contributed by atoms with Gasteiger partial charge in [-0.05, 0) is 43.9 Å². The number of hydrogen-bond donors (Lipinski definition) is 2. The Kier molecular flexibility index (Phi) is 3.73. The summed E-state index contributed by atoms with van der Waals surface area (Å²) in [4.78, 5) is 19.0. The van der Waals surface area contributed by atoms with Gasteiger partial charge in [0.05, 0.1) is 5.56 Å². The van der Waals surface area contributed by atoms with E-state index in [1.165, 1.54) is 12.8 Å². The van der Waals surface area contributed by atoms with Gasteiger partial charge in [0.15, 0.2) is 0 Å². The highest BCUT2D eigenvalue weighted by atomic mass is 16.2. The summed E-state index contributed by atoms with van der Waals surface area (Å²) in [6.45, 7) is 1.55. The highest BCUT2D eigenvalue weighted by molar-refractivity contribution is 5.94. The molecule has 1 saturated carbocycles. The standard InChI is InChI=1S/C17H21N5O/c23-17(12-3-6-16(18-10-12)20-14-4-5-14)22-9-1-2-13(11-22)15-7-8-19-21-15/h3,6-8,10,13-14H,1-2,4-5,9,11H2,(H,18,20)(H,19,21)/t13-/m0/s1. The number of pyridine rings is 1. The molecule has 0 spiro atoms. The lowest BCUT2D eigenvalue weighted by Gasteiger charge is -2.32. The Hall–Kier alpha value is -2.37. The van der Waals surface area contributed by atoms with E-state index < -0.39 is 0 Å². The second-order valence-corrected chi connectivity index (χ2v) is 6.45. The first-order valence-electron chi connectivity index (χ1n) is 8.31. The Bertz CT molecular complexity index is 663. The van der Waals surface area contributed by atoms with Gasteiger partial charge < -0.3 is 10.2 Å². The summed E-state index contributed by atoms with van der Waals surface area (Å²) in [5.74, 6) is 1.27. The quantitative estimate of drug-likeness (QED) is 0.909. The van der Waals surface area contributed by atoms with Crippen molar-refractivity contribution in [3.8, 4) is 0 Å². The van der Waals surface area contributed by atoms with E-state index in [1.807, 2.05) is 23.1 Å². The van der Waals surface area contributed by atoms with Gasteiger partial charge in [0.25, 0.3) is 5.91 Å². The Morgan fingerprint density at radius 2 is 2.17 bits per heavy atom. The maximum atomic E-state index is 12.7. The molecule has 1 saturated heterocycles. The third-order valence-corrected chi connectivity index (χ3v) is 4.61. The minimum absolute atomic E-state index is 0.0692. The number of nitrogens with zero attached hydrogens (tertiary/aromatic N) is 3. The smallest absolute Gasteiger partial charge is 0.255 e. The van der Waals surface area contributed by atoms with Crippen LogP contribution in [0.1, 0.15) is 47.7 Å². The van der Waals surface area contributed by atoms with Gasteiger partial charge in [0.2, 0.25) is 0 Å². The Morgan fingerprint density at radius 1 is 1.26 bits per heavy atom. The number of aromatic amines is 1. The minimum Gasteiger partial charge on any atom is -0.367 e. The van der Waals surface area contributed by atoms with Crippen molar-refractivity contribution in [2.24, 2.45) is 0 Å². The zero-order valence-corrected chi connectivity index (χ0v) is 13.0. The lowest BCUT2D eigenvalue weighted by atomic mass is 9.94. The molecule has 120 valence electrons. The van der Waals surface area contributed by atoms with Crippen LogP contribution in [0, 0.1) is 0 Å². The molecule has 3 heterocycles. The van der Waals surface area contributed by atoms with Crippen LogP contribution in [0.4, 0.5) is 5.82 Å². The van der Waals surface area contributed by atoms with Crippen LogP contribution in [0.3, 0.4) is 0 Å². The molecule has 2 aliphatic rings. The van der Waals surface area contributed by atoms with Gasteiger partial charge in [-0.15, -0.1) is 0 Å². The number of nitrogens with one attached hydrogen (secondary N) is 2. The first kappa shape index (κ1) is 14.2. The second-order valence-electron chi connectivity index (χ2n) is 6.45. The monoisotopic (exact) mass is 311 g/mol. The summed E-state index contributed by atoms with van der Waals surface area (Å²) in [5, 5.41) is 10.4. The van der Waals surface area contributed by atoms with Crippen molar-refractivity contribution in [1.82, 2.24) is 20.1 Å². The maximum Gasteiger partial charge on any atom is 0.255 e. The van der Waals surface area contributed by atoms with Gasteiger partial charge in [-0.25, -0.2) is 4.98 Å². The van der Waals surface area contributed by atoms with Gasteiger partial charge >= 0.3 is 0 Å². The summed E-state index contributed by atoms with van der Waals surface area (Å²) >= 11 is 0. The summed E-state index contributed by atoms with van der Waals surface area (Å²) in [6.07, 6.45) is 7.99. The number of amides is 1. The molecule has 2 aromatic rings. The van der Waals surface area contributed by atoms with Crippen LogP contribution >= 0.6 is 0 Å². The predicted molar refractivity (Wildman–Crippen MR) is 87.3 cm³/mol. The molecule has 6 nitrogen and oxygen atoms in total. The maximum absolute atomic E-state index is 12.7. The predicted octanol–water partition coefficient (Wildman–Crippen LogP) is 2.40. The number of piperidine rings is 1. The van der Waals surface area contributed by atoms with Crippen LogP contribution < -0.4 is 5.32 Å². The van der Waals surface area contributed by atoms with Crippen molar-refractivity contribution in [3.05, 3.63) is 41.9 Å². The van der Waals surface area contributed by atoms with Crippen LogP contribution in [-0.4, -0.2) is 45.1 Å². The van der Waals surface area contributed by atoms with E-state index in [1.54, 1.807) is 12.4 Å². The molecule has 1 atom stereocenters. The van der Waals surface area contributed by atoms with Crippen LogP contribution in [0.25, 0.3) is 0 Å². The fourth-order valence-corrected chi connectivity index (χ4v) is 3.13. The summed E-state index contributed by atoms with van der Waals surface area (Å²) in [7, 11) is 0. The molecule has 4 rings (SSSR count). The van der Waals surface area contributed by atoms with Gasteiger partial charge in [0, 0.05) is 43.1 Å². The summed E-state index contributed by atoms with van der Waals surface area (Å²) < 4.78 is 0. The van der Waals surface area contributed by atoms with Crippen LogP contribution in [-0.2, 0) is 0 Å². The lowest BCUT2D eigenvalue weighted by Crippen LogP contribution is -2.39. The molecule has 23 heavy (non-hydrogen) atoms. The zero-order chi connectivity index (χ0) is 15.6. The molecule has 1 amide bonds. The molecule has 0 radical (unpaired) electrons. The molecule has 0 unspecified atom stereocenters. The van der Waals surface area contributed by atoms with Crippen molar-refractivity contribution in [2.75, 3.05) is 18.4 Å². The minimum atomic E-state index is 0.0692. The average Bonchev–Trinajstić information content (AvgIpc) is 3.24. The number of likely N-dealkylation sites (tertiary alicyclic amines) is 1. The largest absolute Gasteiger partial charge is 0.367 e. The van der Waals surface area contributed by atoms with E-state index in [-0.39, 0.29) is 5.91 Å². The Morgan fingerprint density at radius 3 is 2.87 bits per heavy atom. The van der Waals surface area contributed by atoms with Gasteiger partial charge in [-0.3, -0.25) is 9.89 Å². The van der Waals surface area contributed by atoms with Gasteiger partial charge in [-0.1, -0.05) is 0 Å². The van der Waals surface area contributed by atoms with E-state index in [2.05, 4.69) is 20.5 Å². The van der Waals surface area contributed by atoms with E-state index >= 15 is 0 Å². The molecule has 0 aromatic carbocycles. The number of hydrogen-bond acceptors (Lipinski definition) is 4. The van der Waals surface area contributed by atoms with E-state index in [9.17, 15) is 4.79 Å².